The van der Waals surface area contributed by atoms with E-state index in [0.29, 0.717) is 4.72 Å². The third kappa shape index (κ3) is 1.13. The van der Waals surface area contributed by atoms with Gasteiger partial charge in [-0.2, -0.15) is 26.3 Å². The largest absolute Gasteiger partial charge is 0.426 e. The summed E-state index contributed by atoms with van der Waals surface area (Å²) in [6.07, 6.45) is 0. The maximum atomic E-state index is 12.4. The molecule has 1 heterocycles. The van der Waals surface area contributed by atoms with Crippen LogP contribution < -0.4 is 4.72 Å². The lowest BCUT2D eigenvalue weighted by molar-refractivity contribution is -0.282. The zero-order valence-corrected chi connectivity index (χ0v) is 7.02. The molecule has 1 N–H and O–H groups in total. The number of sulfonamides is 1. The first-order valence-corrected chi connectivity index (χ1v) is 4.57. The molecule has 0 aromatic rings. The minimum absolute atomic E-state index is 0.687. The summed E-state index contributed by atoms with van der Waals surface area (Å²) in [5.74, 6) is -11.0. The van der Waals surface area contributed by atoms with E-state index in [0.717, 1.165) is 0 Å². The Bertz CT molecular complexity index is 349. The summed E-state index contributed by atoms with van der Waals surface area (Å²) in [4.78, 5) is 0. The number of rotatable bonds is 0. The zero-order chi connectivity index (χ0) is 11.4. The van der Waals surface area contributed by atoms with Gasteiger partial charge in [-0.25, -0.2) is 13.1 Å². The average molecular weight is 243 g/mol. The standard InChI is InChI=1S/C4H3F6NO2S/c5-2(6)1-11-14(12,13)4(9,10)3(2,7)8/h11H,1H2. The second-order valence-electron chi connectivity index (χ2n) is 2.62. The fourth-order valence-corrected chi connectivity index (χ4v) is 1.81. The SMILES string of the molecule is O=S1(=O)NCC(F)(F)C(F)(F)C1(F)F. The number of hydrogen-bond acceptors (Lipinski definition) is 2. The highest BCUT2D eigenvalue weighted by atomic mass is 32.2. The zero-order valence-electron chi connectivity index (χ0n) is 6.20. The number of halogens is 6. The Balaban J connectivity index is 3.34. The average Bonchev–Trinajstić information content (AvgIpc) is 1.98. The molecule has 1 rings (SSSR count). The molecule has 0 bridgehead atoms. The van der Waals surface area contributed by atoms with E-state index in [1.165, 1.54) is 0 Å². The van der Waals surface area contributed by atoms with E-state index in [9.17, 15) is 34.8 Å². The fourth-order valence-electron chi connectivity index (χ4n) is 0.769. The summed E-state index contributed by atoms with van der Waals surface area (Å²) >= 11 is 0. The van der Waals surface area contributed by atoms with Crippen molar-refractivity contribution >= 4 is 10.0 Å². The van der Waals surface area contributed by atoms with Crippen molar-refractivity contribution in [2.24, 2.45) is 0 Å². The Hall–Kier alpha value is -0.510. The highest BCUT2D eigenvalue weighted by molar-refractivity contribution is 7.90. The minimum atomic E-state index is -5.91. The third-order valence-corrected chi connectivity index (χ3v) is 3.10. The van der Waals surface area contributed by atoms with Gasteiger partial charge >= 0.3 is 17.1 Å². The van der Waals surface area contributed by atoms with E-state index in [1.807, 2.05) is 0 Å². The molecule has 1 saturated heterocycles. The number of hydrogen-bond donors (Lipinski definition) is 1. The summed E-state index contributed by atoms with van der Waals surface area (Å²) < 4.78 is 95.3. The maximum absolute atomic E-state index is 12.4. The van der Waals surface area contributed by atoms with Crippen molar-refractivity contribution in [3.8, 4) is 0 Å². The van der Waals surface area contributed by atoms with Crippen LogP contribution in [0, 0.1) is 0 Å². The van der Waals surface area contributed by atoms with Crippen molar-refractivity contribution in [3.63, 3.8) is 0 Å². The molecule has 1 aliphatic rings. The topological polar surface area (TPSA) is 46.2 Å². The van der Waals surface area contributed by atoms with Crippen molar-refractivity contribution in [1.82, 2.24) is 4.72 Å². The van der Waals surface area contributed by atoms with E-state index >= 15 is 0 Å². The van der Waals surface area contributed by atoms with Gasteiger partial charge in [-0.3, -0.25) is 0 Å². The predicted octanol–water partition coefficient (Wildman–Crippen LogP) is 0.783. The van der Waals surface area contributed by atoms with Crippen LogP contribution in [-0.2, 0) is 10.0 Å². The molecular formula is C4H3F6NO2S. The molecule has 0 aromatic carbocycles. The fraction of sp³-hybridized carbons (Fsp3) is 1.00. The molecule has 0 atom stereocenters. The lowest BCUT2D eigenvalue weighted by Gasteiger charge is -2.36. The Labute approximate surface area is 74.1 Å². The van der Waals surface area contributed by atoms with Crippen molar-refractivity contribution in [3.05, 3.63) is 0 Å². The van der Waals surface area contributed by atoms with Crippen LogP contribution in [0.25, 0.3) is 0 Å². The normalized spacial score (nSPS) is 32.4. The third-order valence-electron chi connectivity index (χ3n) is 1.65. The Morgan fingerprint density at radius 2 is 1.43 bits per heavy atom. The van der Waals surface area contributed by atoms with E-state index in [2.05, 4.69) is 0 Å². The van der Waals surface area contributed by atoms with Crippen LogP contribution in [0.2, 0.25) is 0 Å². The smallest absolute Gasteiger partial charge is 0.206 e. The van der Waals surface area contributed by atoms with Crippen LogP contribution in [0.4, 0.5) is 26.3 Å². The van der Waals surface area contributed by atoms with E-state index in [1.54, 1.807) is 0 Å². The van der Waals surface area contributed by atoms with Gasteiger partial charge in [-0.1, -0.05) is 0 Å². The van der Waals surface area contributed by atoms with Crippen LogP contribution in [0.3, 0.4) is 0 Å². The first-order chi connectivity index (χ1) is 5.96. The van der Waals surface area contributed by atoms with Crippen LogP contribution in [0.1, 0.15) is 0 Å². The summed E-state index contributed by atoms with van der Waals surface area (Å²) in [6, 6.07) is 0. The second kappa shape index (κ2) is 2.54. The van der Waals surface area contributed by atoms with E-state index in [-0.39, 0.29) is 0 Å². The molecule has 0 aromatic heterocycles. The Kier molecular flexibility index (Phi) is 2.10. The van der Waals surface area contributed by atoms with Gasteiger partial charge < -0.3 is 0 Å². The molecule has 1 fully saturated rings. The maximum Gasteiger partial charge on any atom is 0.426 e. The van der Waals surface area contributed by atoms with Crippen molar-refractivity contribution in [2.45, 2.75) is 17.1 Å². The van der Waals surface area contributed by atoms with Crippen LogP contribution >= 0.6 is 0 Å². The lowest BCUT2D eigenvalue weighted by atomic mass is 10.2. The van der Waals surface area contributed by atoms with Crippen LogP contribution in [0.15, 0.2) is 0 Å². The molecule has 0 amide bonds. The Morgan fingerprint density at radius 3 is 1.79 bits per heavy atom. The molecule has 10 heteroatoms. The van der Waals surface area contributed by atoms with Gasteiger partial charge in [0.25, 0.3) is 10.0 Å². The number of alkyl halides is 6. The minimum Gasteiger partial charge on any atom is -0.206 e. The highest BCUT2D eigenvalue weighted by Gasteiger charge is 2.80. The molecule has 3 nitrogen and oxygen atoms in total. The monoisotopic (exact) mass is 243 g/mol. The molecule has 0 spiro atoms. The highest BCUT2D eigenvalue weighted by Crippen LogP contribution is 2.50. The van der Waals surface area contributed by atoms with Gasteiger partial charge in [0.2, 0.25) is 0 Å². The van der Waals surface area contributed by atoms with Gasteiger partial charge in [0.05, 0.1) is 6.54 Å². The summed E-state index contributed by atoms with van der Waals surface area (Å²) in [6.45, 7) is -2.04. The molecule has 0 radical (unpaired) electrons. The van der Waals surface area contributed by atoms with E-state index in [4.69, 9.17) is 0 Å². The van der Waals surface area contributed by atoms with Crippen molar-refractivity contribution in [1.29, 1.82) is 0 Å². The van der Waals surface area contributed by atoms with Crippen LogP contribution in [0.5, 0.6) is 0 Å². The molecule has 0 saturated carbocycles. The van der Waals surface area contributed by atoms with Gasteiger partial charge in [0.15, 0.2) is 0 Å². The van der Waals surface area contributed by atoms with E-state index < -0.39 is 33.7 Å². The molecule has 1 aliphatic heterocycles. The Morgan fingerprint density at radius 1 is 1.00 bits per heavy atom. The quantitative estimate of drug-likeness (QED) is 0.639. The first kappa shape index (κ1) is 11.6. The molecule has 0 unspecified atom stereocenters. The van der Waals surface area contributed by atoms with Gasteiger partial charge in [0, 0.05) is 0 Å². The summed E-state index contributed by atoms with van der Waals surface area (Å²) in [5.41, 5.74) is 0. The molecular weight excluding hydrogens is 240 g/mol. The molecule has 14 heavy (non-hydrogen) atoms. The lowest BCUT2D eigenvalue weighted by Crippen LogP contribution is -2.68. The number of nitrogens with one attached hydrogen (secondary N) is 1. The predicted molar refractivity (Wildman–Crippen MR) is 31.8 cm³/mol. The molecule has 84 valence electrons. The van der Waals surface area contributed by atoms with Gasteiger partial charge in [0.1, 0.15) is 0 Å². The summed E-state index contributed by atoms with van der Waals surface area (Å²) in [7, 11) is -5.75. The second-order valence-corrected chi connectivity index (χ2v) is 4.43. The van der Waals surface area contributed by atoms with Crippen molar-refractivity contribution < 1.29 is 34.8 Å². The molecule has 0 aliphatic carbocycles. The van der Waals surface area contributed by atoms with Gasteiger partial charge in [-0.05, 0) is 0 Å². The van der Waals surface area contributed by atoms with Crippen molar-refractivity contribution in [2.75, 3.05) is 6.54 Å². The van der Waals surface area contributed by atoms with Gasteiger partial charge in [-0.15, -0.1) is 0 Å². The summed E-state index contributed by atoms with van der Waals surface area (Å²) in [5, 5.41) is -5.82. The van der Waals surface area contributed by atoms with Crippen LogP contribution in [-0.4, -0.2) is 32.1 Å². The first-order valence-electron chi connectivity index (χ1n) is 3.08.